The summed E-state index contributed by atoms with van der Waals surface area (Å²) in [7, 11) is 0. The summed E-state index contributed by atoms with van der Waals surface area (Å²) in [5, 5.41) is 0. The summed E-state index contributed by atoms with van der Waals surface area (Å²) in [6, 6.07) is 4.31. The Morgan fingerprint density at radius 1 is 1.08 bits per heavy atom. The number of benzene rings is 1. The van der Waals surface area contributed by atoms with Crippen molar-refractivity contribution in [1.82, 2.24) is 0 Å². The van der Waals surface area contributed by atoms with E-state index in [2.05, 4.69) is 52.1 Å². The summed E-state index contributed by atoms with van der Waals surface area (Å²) in [5.41, 5.74) is 5.02. The number of hydrogen-bond acceptors (Lipinski definition) is 1. The van der Waals surface area contributed by atoms with Gasteiger partial charge in [-0.15, -0.1) is 12.6 Å². The molecule has 0 aliphatic carbocycles. The average molecular weight is 178 g/mol. The molecule has 0 spiro atoms. The second-order valence-corrected chi connectivity index (χ2v) is 3.74. The number of thiol groups is 1. The number of hydrogen-bond donors (Lipinski definition) is 1. The molecule has 0 bridgehead atoms. The van der Waals surface area contributed by atoms with Crippen molar-refractivity contribution in [2.75, 3.05) is 0 Å². The molecule has 0 unspecified atom stereocenters. The van der Waals surface area contributed by atoms with Crippen molar-refractivity contribution < 1.29 is 0 Å². The summed E-state index contributed by atoms with van der Waals surface area (Å²) in [6.45, 7) is 10.1. The van der Waals surface area contributed by atoms with E-state index < -0.39 is 0 Å². The van der Waals surface area contributed by atoms with Crippen LogP contribution < -0.4 is 0 Å². The van der Waals surface area contributed by atoms with Gasteiger partial charge in [0.05, 0.1) is 0 Å². The van der Waals surface area contributed by atoms with Gasteiger partial charge in [0.25, 0.3) is 0 Å². The Morgan fingerprint density at radius 3 is 2.08 bits per heavy atom. The van der Waals surface area contributed by atoms with Gasteiger partial charge in [-0.2, -0.15) is 0 Å². The molecule has 0 saturated carbocycles. The Labute approximate surface area is 79.7 Å². The van der Waals surface area contributed by atoms with E-state index in [4.69, 9.17) is 0 Å². The number of rotatable bonds is 1. The molecule has 1 rings (SSSR count). The van der Waals surface area contributed by atoms with Gasteiger partial charge in [0.1, 0.15) is 0 Å². The molecule has 0 nitrogen and oxygen atoms in total. The van der Waals surface area contributed by atoms with Crippen molar-refractivity contribution >= 4 is 17.5 Å². The number of aryl methyl sites for hydroxylation is 3. The molecular weight excluding hydrogens is 164 g/mol. The highest BCUT2D eigenvalue weighted by atomic mass is 32.1. The van der Waals surface area contributed by atoms with Gasteiger partial charge in [0.2, 0.25) is 0 Å². The standard InChI is InChI=1S/C11H14S/c1-7-5-9(3)11(10(4)12)6-8(7)2/h5-6,12H,4H2,1-3H3. The first-order valence-electron chi connectivity index (χ1n) is 3.98. The lowest BCUT2D eigenvalue weighted by Gasteiger charge is -2.08. The van der Waals surface area contributed by atoms with Crippen LogP contribution in [-0.4, -0.2) is 0 Å². The van der Waals surface area contributed by atoms with Crippen LogP contribution in [0.15, 0.2) is 18.7 Å². The van der Waals surface area contributed by atoms with Gasteiger partial charge in [-0.05, 0) is 43.0 Å². The zero-order valence-corrected chi connectivity index (χ0v) is 8.70. The molecule has 0 amide bonds. The van der Waals surface area contributed by atoms with Gasteiger partial charge in [-0.25, -0.2) is 0 Å². The van der Waals surface area contributed by atoms with Crippen molar-refractivity contribution in [2.45, 2.75) is 20.8 Å². The molecule has 1 heteroatoms. The lowest BCUT2D eigenvalue weighted by Crippen LogP contribution is -1.88. The zero-order chi connectivity index (χ0) is 9.30. The van der Waals surface area contributed by atoms with E-state index in [1.54, 1.807) is 0 Å². The summed E-state index contributed by atoms with van der Waals surface area (Å²) in [6.07, 6.45) is 0. The van der Waals surface area contributed by atoms with Crippen LogP contribution in [0.3, 0.4) is 0 Å². The first-order chi connectivity index (χ1) is 5.52. The zero-order valence-electron chi connectivity index (χ0n) is 7.81. The third-order valence-corrected chi connectivity index (χ3v) is 2.39. The van der Waals surface area contributed by atoms with Crippen LogP contribution in [0.25, 0.3) is 4.91 Å². The molecule has 12 heavy (non-hydrogen) atoms. The van der Waals surface area contributed by atoms with Crippen LogP contribution in [0.4, 0.5) is 0 Å². The predicted octanol–water partition coefficient (Wildman–Crippen LogP) is 3.51. The second-order valence-electron chi connectivity index (χ2n) is 3.20. The lowest BCUT2D eigenvalue weighted by atomic mass is 10.0. The van der Waals surface area contributed by atoms with Crippen LogP contribution in [0.2, 0.25) is 0 Å². The fourth-order valence-electron chi connectivity index (χ4n) is 1.27. The van der Waals surface area contributed by atoms with Crippen molar-refractivity contribution in [2.24, 2.45) is 0 Å². The minimum absolute atomic E-state index is 0.843. The van der Waals surface area contributed by atoms with E-state index in [1.807, 2.05) is 0 Å². The maximum atomic E-state index is 4.24. The smallest absolute Gasteiger partial charge is 0.00433 e. The monoisotopic (exact) mass is 178 g/mol. The molecular formula is C11H14S. The fourth-order valence-corrected chi connectivity index (χ4v) is 1.51. The van der Waals surface area contributed by atoms with Gasteiger partial charge in [0.15, 0.2) is 0 Å². The molecule has 0 atom stereocenters. The van der Waals surface area contributed by atoms with Crippen LogP contribution in [0, 0.1) is 20.8 Å². The maximum absolute atomic E-state index is 4.24. The second kappa shape index (κ2) is 3.36. The lowest BCUT2D eigenvalue weighted by molar-refractivity contribution is 1.29. The van der Waals surface area contributed by atoms with E-state index in [1.165, 1.54) is 16.7 Å². The summed E-state index contributed by atoms with van der Waals surface area (Å²) in [5.74, 6) is 0. The van der Waals surface area contributed by atoms with Gasteiger partial charge >= 0.3 is 0 Å². The molecule has 0 heterocycles. The van der Waals surface area contributed by atoms with E-state index >= 15 is 0 Å². The van der Waals surface area contributed by atoms with Crippen molar-refractivity contribution in [3.63, 3.8) is 0 Å². The van der Waals surface area contributed by atoms with Crippen LogP contribution in [0.1, 0.15) is 22.3 Å². The van der Waals surface area contributed by atoms with Crippen LogP contribution in [0.5, 0.6) is 0 Å². The van der Waals surface area contributed by atoms with Crippen molar-refractivity contribution in [1.29, 1.82) is 0 Å². The third-order valence-electron chi connectivity index (χ3n) is 2.15. The molecule has 0 fully saturated rings. The average Bonchev–Trinajstić information content (AvgIpc) is 1.96. The van der Waals surface area contributed by atoms with E-state index in [0.29, 0.717) is 0 Å². The molecule has 0 N–H and O–H groups in total. The van der Waals surface area contributed by atoms with Gasteiger partial charge < -0.3 is 0 Å². The van der Waals surface area contributed by atoms with Crippen LogP contribution >= 0.6 is 12.6 Å². The highest BCUT2D eigenvalue weighted by Gasteiger charge is 2.01. The Morgan fingerprint density at radius 2 is 1.58 bits per heavy atom. The third kappa shape index (κ3) is 1.72. The molecule has 64 valence electrons. The Bertz CT molecular complexity index is 324. The van der Waals surface area contributed by atoms with Gasteiger partial charge in [-0.1, -0.05) is 18.7 Å². The van der Waals surface area contributed by atoms with E-state index in [-0.39, 0.29) is 0 Å². The summed E-state index contributed by atoms with van der Waals surface area (Å²) < 4.78 is 0. The first kappa shape index (κ1) is 9.40. The molecule has 0 saturated heterocycles. The minimum Gasteiger partial charge on any atom is -0.143 e. The molecule has 1 aromatic rings. The molecule has 0 aromatic heterocycles. The van der Waals surface area contributed by atoms with Gasteiger partial charge in [-0.3, -0.25) is 0 Å². The highest BCUT2D eigenvalue weighted by Crippen LogP contribution is 2.23. The summed E-state index contributed by atoms with van der Waals surface area (Å²) >= 11 is 4.24. The van der Waals surface area contributed by atoms with E-state index in [9.17, 15) is 0 Å². The van der Waals surface area contributed by atoms with Crippen molar-refractivity contribution in [3.05, 3.63) is 41.0 Å². The topological polar surface area (TPSA) is 0 Å². The first-order valence-corrected chi connectivity index (χ1v) is 4.43. The predicted molar refractivity (Wildman–Crippen MR) is 58.7 cm³/mol. The SMILES string of the molecule is C=C(S)c1cc(C)c(C)cc1C. The molecule has 0 aliphatic rings. The van der Waals surface area contributed by atoms with Gasteiger partial charge in [0, 0.05) is 4.91 Å². The van der Waals surface area contributed by atoms with Crippen molar-refractivity contribution in [3.8, 4) is 0 Å². The molecule has 0 aliphatic heterocycles. The van der Waals surface area contributed by atoms with Crippen LogP contribution in [-0.2, 0) is 0 Å². The Hall–Kier alpha value is -0.690. The normalized spacial score (nSPS) is 10.0. The maximum Gasteiger partial charge on any atom is 0.00433 e. The van der Waals surface area contributed by atoms with E-state index in [0.717, 1.165) is 10.5 Å². The largest absolute Gasteiger partial charge is 0.143 e. The Kier molecular flexibility index (Phi) is 2.63. The Balaban J connectivity index is 3.33. The minimum atomic E-state index is 0.843. The summed E-state index contributed by atoms with van der Waals surface area (Å²) in [4.78, 5) is 0.843. The quantitative estimate of drug-likeness (QED) is 0.625. The highest BCUT2D eigenvalue weighted by molar-refractivity contribution is 7.90. The molecule has 1 aromatic carbocycles. The fraction of sp³-hybridized carbons (Fsp3) is 0.273. The molecule has 0 radical (unpaired) electrons.